The zero-order chi connectivity index (χ0) is 9.68. The van der Waals surface area contributed by atoms with Crippen molar-refractivity contribution in [2.24, 2.45) is 0 Å². The van der Waals surface area contributed by atoms with Crippen molar-refractivity contribution in [2.75, 3.05) is 0 Å². The molecule has 4 heteroatoms. The van der Waals surface area contributed by atoms with Crippen LogP contribution < -0.4 is 0 Å². The molecule has 0 radical (unpaired) electrons. The first-order chi connectivity index (χ1) is 6.25. The molecule has 0 aliphatic carbocycles. The third-order valence-electron chi connectivity index (χ3n) is 1.67. The Balaban J connectivity index is 2.78. The summed E-state index contributed by atoms with van der Waals surface area (Å²) < 4.78 is 1.71. The molecule has 0 saturated carbocycles. The quantitative estimate of drug-likeness (QED) is 0.663. The molecule has 70 valence electrons. The summed E-state index contributed by atoms with van der Waals surface area (Å²) in [5.74, 6) is 0.804. The van der Waals surface area contributed by atoms with Crippen molar-refractivity contribution in [3.63, 3.8) is 0 Å². The summed E-state index contributed by atoms with van der Waals surface area (Å²) in [4.78, 5) is 0. The Morgan fingerprint density at radius 2 is 2.31 bits per heavy atom. The predicted octanol–water partition coefficient (Wildman–Crippen LogP) is 1.81. The summed E-state index contributed by atoms with van der Waals surface area (Å²) in [6.07, 6.45) is 7.13. The van der Waals surface area contributed by atoms with Crippen LogP contribution in [0.15, 0.2) is 18.2 Å². The molecule has 0 spiro atoms. The molecule has 0 bridgehead atoms. The number of aromatic nitrogens is 4. The number of nitrogens with zero attached hydrogens (tertiary/aromatic N) is 4. The summed E-state index contributed by atoms with van der Waals surface area (Å²) in [7, 11) is 0. The molecule has 1 heterocycles. The molecule has 0 saturated heterocycles. The van der Waals surface area contributed by atoms with Gasteiger partial charge < -0.3 is 0 Å². The lowest BCUT2D eigenvalue weighted by molar-refractivity contribution is 0.790. The smallest absolute Gasteiger partial charge is 0.153 e. The fourth-order valence-electron chi connectivity index (χ4n) is 0.972. The van der Waals surface area contributed by atoms with E-state index in [9.17, 15) is 0 Å². The maximum Gasteiger partial charge on any atom is 0.153 e. The number of aryl methyl sites for hydroxylation is 1. The van der Waals surface area contributed by atoms with Crippen LogP contribution in [0.5, 0.6) is 0 Å². The molecule has 1 aromatic heterocycles. The van der Waals surface area contributed by atoms with E-state index in [0.29, 0.717) is 0 Å². The maximum absolute atomic E-state index is 3.85. The third-order valence-corrected chi connectivity index (χ3v) is 1.67. The Labute approximate surface area is 78.0 Å². The lowest BCUT2D eigenvalue weighted by Gasteiger charge is -1.98. The maximum atomic E-state index is 3.85. The highest BCUT2D eigenvalue weighted by molar-refractivity contribution is 5.44. The Morgan fingerprint density at radius 1 is 1.54 bits per heavy atom. The second-order valence-corrected chi connectivity index (χ2v) is 2.78. The predicted molar refractivity (Wildman–Crippen MR) is 51.9 cm³/mol. The van der Waals surface area contributed by atoms with Crippen LogP contribution in [0.4, 0.5) is 0 Å². The van der Waals surface area contributed by atoms with Crippen LogP contribution in [0, 0.1) is 6.92 Å². The number of hydrogen-bond acceptors (Lipinski definition) is 3. The zero-order valence-corrected chi connectivity index (χ0v) is 8.23. The van der Waals surface area contributed by atoms with Crippen LogP contribution in [-0.2, 0) is 0 Å². The Hall–Kier alpha value is -1.45. The summed E-state index contributed by atoms with van der Waals surface area (Å²) in [6, 6.07) is 0. The monoisotopic (exact) mass is 178 g/mol. The van der Waals surface area contributed by atoms with Crippen molar-refractivity contribution in [1.82, 2.24) is 20.2 Å². The fraction of sp³-hybridized carbons (Fsp3) is 0.444. The average molecular weight is 178 g/mol. The van der Waals surface area contributed by atoms with E-state index >= 15 is 0 Å². The Kier molecular flexibility index (Phi) is 3.37. The standard InChI is InChI=1S/C9H14N4/c1-4-5-6-7-8(2)13-9(3)10-11-12-13/h5-7H,4H2,1-3H3/b6-5-,8-7+. The van der Waals surface area contributed by atoms with Gasteiger partial charge in [-0.3, -0.25) is 0 Å². The van der Waals surface area contributed by atoms with Gasteiger partial charge in [-0.2, -0.15) is 0 Å². The Morgan fingerprint density at radius 3 is 2.85 bits per heavy atom. The molecule has 1 aromatic rings. The highest BCUT2D eigenvalue weighted by Gasteiger charge is 1.99. The first kappa shape index (κ1) is 9.64. The van der Waals surface area contributed by atoms with Gasteiger partial charge in [-0.05, 0) is 36.8 Å². The van der Waals surface area contributed by atoms with Gasteiger partial charge in [0.25, 0.3) is 0 Å². The molecule has 0 aliphatic heterocycles. The van der Waals surface area contributed by atoms with E-state index in [1.165, 1.54) is 0 Å². The van der Waals surface area contributed by atoms with Crippen molar-refractivity contribution >= 4 is 5.70 Å². The summed E-state index contributed by atoms with van der Waals surface area (Å²) in [5.41, 5.74) is 1.02. The fourth-order valence-corrected chi connectivity index (χ4v) is 0.972. The van der Waals surface area contributed by atoms with Gasteiger partial charge in [-0.25, -0.2) is 4.68 Å². The highest BCUT2D eigenvalue weighted by Crippen LogP contribution is 2.02. The van der Waals surface area contributed by atoms with Crippen LogP contribution in [0.3, 0.4) is 0 Å². The molecule has 0 N–H and O–H groups in total. The van der Waals surface area contributed by atoms with Gasteiger partial charge in [-0.15, -0.1) is 5.10 Å². The van der Waals surface area contributed by atoms with Gasteiger partial charge >= 0.3 is 0 Å². The molecular formula is C9H14N4. The SMILES string of the molecule is CC/C=C\C=C(/C)n1nnnc1C. The van der Waals surface area contributed by atoms with Gasteiger partial charge in [0.1, 0.15) is 0 Å². The van der Waals surface area contributed by atoms with E-state index in [1.54, 1.807) is 4.68 Å². The van der Waals surface area contributed by atoms with Crippen LogP contribution >= 0.6 is 0 Å². The van der Waals surface area contributed by atoms with E-state index in [4.69, 9.17) is 0 Å². The highest BCUT2D eigenvalue weighted by atomic mass is 15.5. The molecule has 0 aromatic carbocycles. The molecule has 0 amide bonds. The van der Waals surface area contributed by atoms with Crippen LogP contribution in [0.25, 0.3) is 5.70 Å². The first-order valence-corrected chi connectivity index (χ1v) is 4.34. The van der Waals surface area contributed by atoms with Crippen molar-refractivity contribution < 1.29 is 0 Å². The lowest BCUT2D eigenvalue weighted by Crippen LogP contribution is -1.98. The third kappa shape index (κ3) is 2.50. The summed E-state index contributed by atoms with van der Waals surface area (Å²) >= 11 is 0. The van der Waals surface area contributed by atoms with E-state index in [-0.39, 0.29) is 0 Å². The second-order valence-electron chi connectivity index (χ2n) is 2.78. The number of allylic oxidation sites excluding steroid dienone is 4. The van der Waals surface area contributed by atoms with E-state index < -0.39 is 0 Å². The van der Waals surface area contributed by atoms with Gasteiger partial charge in [0.05, 0.1) is 0 Å². The zero-order valence-electron chi connectivity index (χ0n) is 8.23. The minimum atomic E-state index is 0.804. The topological polar surface area (TPSA) is 43.6 Å². The molecule has 0 unspecified atom stereocenters. The van der Waals surface area contributed by atoms with Crippen molar-refractivity contribution in [1.29, 1.82) is 0 Å². The minimum absolute atomic E-state index is 0.804. The van der Waals surface area contributed by atoms with Gasteiger partial charge in [0, 0.05) is 5.70 Å². The molecule has 0 atom stereocenters. The lowest BCUT2D eigenvalue weighted by atomic mass is 10.3. The van der Waals surface area contributed by atoms with Gasteiger partial charge in [0.2, 0.25) is 0 Å². The molecule has 1 rings (SSSR count). The van der Waals surface area contributed by atoms with Crippen molar-refractivity contribution in [3.8, 4) is 0 Å². The molecular weight excluding hydrogens is 164 g/mol. The molecule has 13 heavy (non-hydrogen) atoms. The average Bonchev–Trinajstić information content (AvgIpc) is 2.52. The molecule has 4 nitrogen and oxygen atoms in total. The van der Waals surface area contributed by atoms with E-state index in [2.05, 4.69) is 28.5 Å². The van der Waals surface area contributed by atoms with Crippen LogP contribution in [-0.4, -0.2) is 20.2 Å². The van der Waals surface area contributed by atoms with Gasteiger partial charge in [0.15, 0.2) is 5.82 Å². The number of tetrazole rings is 1. The second kappa shape index (κ2) is 4.54. The number of hydrogen-bond donors (Lipinski definition) is 0. The van der Waals surface area contributed by atoms with Crippen molar-refractivity contribution in [3.05, 3.63) is 24.1 Å². The molecule has 0 fully saturated rings. The largest absolute Gasteiger partial charge is 0.202 e. The van der Waals surface area contributed by atoms with Crippen LogP contribution in [0.1, 0.15) is 26.1 Å². The van der Waals surface area contributed by atoms with E-state index in [0.717, 1.165) is 17.9 Å². The molecule has 0 aliphatic rings. The van der Waals surface area contributed by atoms with E-state index in [1.807, 2.05) is 26.0 Å². The van der Waals surface area contributed by atoms with Gasteiger partial charge in [-0.1, -0.05) is 19.1 Å². The summed E-state index contributed by atoms with van der Waals surface area (Å²) in [6.45, 7) is 5.95. The number of rotatable bonds is 3. The first-order valence-electron chi connectivity index (χ1n) is 4.34. The minimum Gasteiger partial charge on any atom is -0.202 e. The van der Waals surface area contributed by atoms with Crippen LogP contribution in [0.2, 0.25) is 0 Å². The van der Waals surface area contributed by atoms with Crippen molar-refractivity contribution in [2.45, 2.75) is 27.2 Å². The Bertz CT molecular complexity index is 322. The summed E-state index contributed by atoms with van der Waals surface area (Å²) in [5, 5.41) is 11.2. The normalized spacial score (nSPS) is 12.7.